The second kappa shape index (κ2) is 8.27. The summed E-state index contributed by atoms with van der Waals surface area (Å²) in [6, 6.07) is 20.8. The van der Waals surface area contributed by atoms with E-state index in [1.807, 2.05) is 50.2 Å². The average Bonchev–Trinajstić information content (AvgIpc) is 2.68. The van der Waals surface area contributed by atoms with Crippen molar-refractivity contribution in [3.05, 3.63) is 95.1 Å². The minimum atomic E-state index is -3.71. The summed E-state index contributed by atoms with van der Waals surface area (Å²) in [6.07, 6.45) is 0. The van der Waals surface area contributed by atoms with Crippen molar-refractivity contribution < 1.29 is 13.2 Å². The molecule has 144 valence electrons. The summed E-state index contributed by atoms with van der Waals surface area (Å²) >= 11 is 0. The van der Waals surface area contributed by atoms with Crippen LogP contribution in [0.25, 0.3) is 0 Å². The maximum absolute atomic E-state index is 12.5. The zero-order chi connectivity index (χ0) is 20.1. The molecule has 0 radical (unpaired) electrons. The van der Waals surface area contributed by atoms with Crippen molar-refractivity contribution in [3.63, 3.8) is 0 Å². The molecule has 1 amide bonds. The molecule has 0 heterocycles. The molecule has 5 nitrogen and oxygen atoms in total. The van der Waals surface area contributed by atoms with Crippen molar-refractivity contribution in [1.82, 2.24) is 5.32 Å². The molecule has 0 aliphatic heterocycles. The SMILES string of the molecule is Cc1ccc(NS(=O)(=O)c2ccc(C(=O)NCc3cccc(C)c3)cc2)cc1. The van der Waals surface area contributed by atoms with Gasteiger partial charge in [0.15, 0.2) is 0 Å². The predicted molar refractivity (Wildman–Crippen MR) is 111 cm³/mol. The lowest BCUT2D eigenvalue weighted by molar-refractivity contribution is 0.0951. The number of rotatable bonds is 6. The van der Waals surface area contributed by atoms with Crippen molar-refractivity contribution in [2.45, 2.75) is 25.3 Å². The molecular formula is C22H22N2O3S. The van der Waals surface area contributed by atoms with Gasteiger partial charge in [-0.15, -0.1) is 0 Å². The first kappa shape index (κ1) is 19.6. The van der Waals surface area contributed by atoms with Crippen LogP contribution in [0, 0.1) is 13.8 Å². The van der Waals surface area contributed by atoms with E-state index in [1.165, 1.54) is 24.3 Å². The van der Waals surface area contributed by atoms with Gasteiger partial charge in [0.2, 0.25) is 0 Å². The van der Waals surface area contributed by atoms with Gasteiger partial charge in [0.05, 0.1) is 4.90 Å². The molecule has 0 unspecified atom stereocenters. The summed E-state index contributed by atoms with van der Waals surface area (Å²) in [5.74, 6) is -0.253. The van der Waals surface area contributed by atoms with Gasteiger partial charge in [0.1, 0.15) is 0 Å². The summed E-state index contributed by atoms with van der Waals surface area (Å²) < 4.78 is 27.5. The Hall–Kier alpha value is -3.12. The highest BCUT2D eigenvalue weighted by Crippen LogP contribution is 2.17. The van der Waals surface area contributed by atoms with Gasteiger partial charge in [0.25, 0.3) is 15.9 Å². The number of nitrogens with one attached hydrogen (secondary N) is 2. The van der Waals surface area contributed by atoms with E-state index >= 15 is 0 Å². The van der Waals surface area contributed by atoms with Crippen LogP contribution in [0.1, 0.15) is 27.0 Å². The van der Waals surface area contributed by atoms with Gasteiger partial charge in [-0.25, -0.2) is 8.42 Å². The van der Waals surface area contributed by atoms with Crippen LogP contribution in [0.3, 0.4) is 0 Å². The van der Waals surface area contributed by atoms with E-state index in [-0.39, 0.29) is 10.8 Å². The number of hydrogen-bond donors (Lipinski definition) is 2. The third-order valence-corrected chi connectivity index (χ3v) is 5.66. The lowest BCUT2D eigenvalue weighted by Gasteiger charge is -2.10. The van der Waals surface area contributed by atoms with E-state index in [2.05, 4.69) is 10.0 Å². The predicted octanol–water partition coefficient (Wildman–Crippen LogP) is 4.03. The Labute approximate surface area is 165 Å². The van der Waals surface area contributed by atoms with Gasteiger partial charge in [0, 0.05) is 17.8 Å². The van der Waals surface area contributed by atoms with Crippen LogP contribution in [-0.2, 0) is 16.6 Å². The maximum Gasteiger partial charge on any atom is 0.261 e. The zero-order valence-corrected chi connectivity index (χ0v) is 16.6. The summed E-state index contributed by atoms with van der Waals surface area (Å²) in [5.41, 5.74) is 4.08. The molecule has 3 rings (SSSR count). The Bertz CT molecular complexity index is 1070. The third kappa shape index (κ3) is 4.98. The standard InChI is InChI=1S/C22H22N2O3S/c1-16-6-10-20(11-7-16)24-28(26,27)21-12-8-19(9-13-21)22(25)23-15-18-5-3-4-17(2)14-18/h3-14,24H,15H2,1-2H3,(H,23,25). The Morgan fingerprint density at radius 1 is 0.857 bits per heavy atom. The normalized spacial score (nSPS) is 11.1. The number of carbonyl (C=O) groups excluding carboxylic acids is 1. The molecule has 0 saturated carbocycles. The first-order valence-electron chi connectivity index (χ1n) is 8.87. The number of sulfonamides is 1. The van der Waals surface area contributed by atoms with Crippen LogP contribution in [0.15, 0.2) is 77.7 Å². The van der Waals surface area contributed by atoms with Gasteiger partial charge >= 0.3 is 0 Å². The molecule has 28 heavy (non-hydrogen) atoms. The van der Waals surface area contributed by atoms with E-state index in [1.54, 1.807) is 12.1 Å². The van der Waals surface area contributed by atoms with Gasteiger partial charge in [-0.2, -0.15) is 0 Å². The van der Waals surface area contributed by atoms with E-state index in [9.17, 15) is 13.2 Å². The van der Waals surface area contributed by atoms with Crippen molar-refractivity contribution in [2.75, 3.05) is 4.72 Å². The smallest absolute Gasteiger partial charge is 0.261 e. The summed E-state index contributed by atoms with van der Waals surface area (Å²) in [6.45, 7) is 4.34. The third-order valence-electron chi connectivity index (χ3n) is 4.27. The average molecular weight is 394 g/mol. The van der Waals surface area contributed by atoms with Crippen LogP contribution < -0.4 is 10.0 Å². The summed E-state index contributed by atoms with van der Waals surface area (Å²) in [5, 5.41) is 2.84. The first-order valence-corrected chi connectivity index (χ1v) is 10.4. The molecule has 3 aromatic rings. The molecule has 0 saturated heterocycles. The van der Waals surface area contributed by atoms with E-state index in [4.69, 9.17) is 0 Å². The number of anilines is 1. The van der Waals surface area contributed by atoms with Crippen LogP contribution in [0.5, 0.6) is 0 Å². The Kier molecular flexibility index (Phi) is 5.80. The summed E-state index contributed by atoms with van der Waals surface area (Å²) in [4.78, 5) is 12.4. The Morgan fingerprint density at radius 2 is 1.54 bits per heavy atom. The lowest BCUT2D eigenvalue weighted by Crippen LogP contribution is -2.23. The van der Waals surface area contributed by atoms with Crippen LogP contribution >= 0.6 is 0 Å². The molecule has 0 aromatic heterocycles. The summed E-state index contributed by atoms with van der Waals surface area (Å²) in [7, 11) is -3.71. The highest BCUT2D eigenvalue weighted by molar-refractivity contribution is 7.92. The number of amides is 1. The van der Waals surface area contributed by atoms with Crippen LogP contribution in [-0.4, -0.2) is 14.3 Å². The molecular weight excluding hydrogens is 372 g/mol. The molecule has 0 fully saturated rings. The number of carbonyl (C=O) groups is 1. The minimum absolute atomic E-state index is 0.100. The van der Waals surface area contributed by atoms with Crippen LogP contribution in [0.2, 0.25) is 0 Å². The lowest BCUT2D eigenvalue weighted by atomic mass is 10.1. The van der Waals surface area contributed by atoms with Crippen molar-refractivity contribution in [3.8, 4) is 0 Å². The topological polar surface area (TPSA) is 75.3 Å². The van der Waals surface area contributed by atoms with Gasteiger partial charge in [-0.05, 0) is 55.8 Å². The molecule has 0 bridgehead atoms. The van der Waals surface area contributed by atoms with E-state index in [0.29, 0.717) is 17.8 Å². The monoisotopic (exact) mass is 394 g/mol. The zero-order valence-electron chi connectivity index (χ0n) is 15.8. The van der Waals surface area contributed by atoms with Gasteiger partial charge in [-0.1, -0.05) is 47.5 Å². The molecule has 3 aromatic carbocycles. The van der Waals surface area contributed by atoms with E-state index in [0.717, 1.165) is 16.7 Å². The molecule has 0 spiro atoms. The van der Waals surface area contributed by atoms with Gasteiger partial charge in [-0.3, -0.25) is 9.52 Å². The number of benzene rings is 3. The van der Waals surface area contributed by atoms with Crippen molar-refractivity contribution in [1.29, 1.82) is 0 Å². The number of hydrogen-bond acceptors (Lipinski definition) is 3. The second-order valence-electron chi connectivity index (χ2n) is 6.67. The van der Waals surface area contributed by atoms with Crippen molar-refractivity contribution >= 4 is 21.6 Å². The molecule has 6 heteroatoms. The van der Waals surface area contributed by atoms with Crippen molar-refractivity contribution in [2.24, 2.45) is 0 Å². The largest absolute Gasteiger partial charge is 0.348 e. The second-order valence-corrected chi connectivity index (χ2v) is 8.35. The van der Waals surface area contributed by atoms with E-state index < -0.39 is 10.0 Å². The Balaban J connectivity index is 1.66. The molecule has 0 atom stereocenters. The minimum Gasteiger partial charge on any atom is -0.348 e. The fourth-order valence-corrected chi connectivity index (χ4v) is 3.79. The highest BCUT2D eigenvalue weighted by atomic mass is 32.2. The fourth-order valence-electron chi connectivity index (χ4n) is 2.73. The van der Waals surface area contributed by atoms with Gasteiger partial charge < -0.3 is 5.32 Å². The first-order chi connectivity index (χ1) is 13.3. The highest BCUT2D eigenvalue weighted by Gasteiger charge is 2.15. The molecule has 0 aliphatic rings. The molecule has 0 aliphatic carbocycles. The number of aryl methyl sites for hydroxylation is 2. The quantitative estimate of drug-likeness (QED) is 0.663. The Morgan fingerprint density at radius 3 is 2.18 bits per heavy atom. The molecule has 2 N–H and O–H groups in total. The fraction of sp³-hybridized carbons (Fsp3) is 0.136. The van der Waals surface area contributed by atoms with Crippen LogP contribution in [0.4, 0.5) is 5.69 Å². The maximum atomic E-state index is 12.5.